The molecule has 2 N–H and O–H groups in total. The smallest absolute Gasteiger partial charge is 0.225 e. The van der Waals surface area contributed by atoms with Crippen molar-refractivity contribution in [2.24, 2.45) is 0 Å². The van der Waals surface area contributed by atoms with Gasteiger partial charge in [-0.1, -0.05) is 36.4 Å². The molecule has 1 heterocycles. The van der Waals surface area contributed by atoms with Crippen LogP contribution < -0.4 is 10.1 Å². The molecule has 0 bridgehead atoms. The van der Waals surface area contributed by atoms with Crippen molar-refractivity contribution in [1.82, 2.24) is 8.94 Å². The van der Waals surface area contributed by atoms with Gasteiger partial charge in [0, 0.05) is 17.2 Å². The maximum Gasteiger partial charge on any atom is 0.225 e. The molecule has 5 heteroatoms. The van der Waals surface area contributed by atoms with Gasteiger partial charge in [0.2, 0.25) is 10.7 Å². The topological polar surface area (TPSA) is 53.7 Å². The Morgan fingerprint density at radius 3 is 2.26 bits per heavy atom. The number of para-hydroxylation sites is 2. The lowest BCUT2D eigenvalue weighted by Crippen LogP contribution is -2.13. The molecule has 0 radical (unpaired) electrons. The van der Waals surface area contributed by atoms with Crippen molar-refractivity contribution in [1.29, 1.82) is 5.41 Å². The summed E-state index contributed by atoms with van der Waals surface area (Å²) in [6, 6.07) is 19.6. The summed E-state index contributed by atoms with van der Waals surface area (Å²) in [5.41, 5.74) is 1.89. The van der Waals surface area contributed by atoms with Crippen LogP contribution in [0.3, 0.4) is 0 Å². The Bertz CT molecular complexity index is 716. The SMILES string of the molecule is N=c1snc(Nc2ccccc2)n1-c1ccccc1. The highest BCUT2D eigenvalue weighted by Gasteiger charge is 2.08. The van der Waals surface area contributed by atoms with E-state index in [2.05, 4.69) is 9.69 Å². The molecule has 3 aromatic rings. The van der Waals surface area contributed by atoms with Gasteiger partial charge in [-0.25, -0.2) is 0 Å². The van der Waals surface area contributed by atoms with Crippen LogP contribution in [0, 0.1) is 5.41 Å². The number of rotatable bonds is 3. The third-order valence-electron chi connectivity index (χ3n) is 2.68. The summed E-state index contributed by atoms with van der Waals surface area (Å²) in [7, 11) is 0. The van der Waals surface area contributed by atoms with Gasteiger partial charge in [-0.2, -0.15) is 4.37 Å². The predicted octanol–water partition coefficient (Wildman–Crippen LogP) is 3.16. The molecule has 0 fully saturated rings. The van der Waals surface area contributed by atoms with Gasteiger partial charge >= 0.3 is 0 Å². The van der Waals surface area contributed by atoms with Crippen molar-refractivity contribution in [3.05, 3.63) is 65.5 Å². The van der Waals surface area contributed by atoms with Crippen LogP contribution in [0.5, 0.6) is 0 Å². The quantitative estimate of drug-likeness (QED) is 0.766. The molecule has 19 heavy (non-hydrogen) atoms. The summed E-state index contributed by atoms with van der Waals surface area (Å²) in [5, 5.41) is 11.2. The molecule has 0 unspecified atom stereocenters. The molecule has 0 saturated heterocycles. The Hall–Kier alpha value is -2.40. The van der Waals surface area contributed by atoms with Gasteiger partial charge in [0.15, 0.2) is 0 Å². The maximum atomic E-state index is 7.97. The molecule has 0 aliphatic carbocycles. The van der Waals surface area contributed by atoms with Crippen LogP contribution >= 0.6 is 11.5 Å². The third kappa shape index (κ3) is 2.41. The van der Waals surface area contributed by atoms with Crippen molar-refractivity contribution in [3.63, 3.8) is 0 Å². The van der Waals surface area contributed by atoms with Crippen molar-refractivity contribution in [2.45, 2.75) is 0 Å². The van der Waals surface area contributed by atoms with Crippen LogP contribution in [0.2, 0.25) is 0 Å². The highest BCUT2D eigenvalue weighted by Crippen LogP contribution is 2.17. The van der Waals surface area contributed by atoms with Gasteiger partial charge in [-0.3, -0.25) is 9.98 Å². The summed E-state index contributed by atoms with van der Waals surface area (Å²) in [6.45, 7) is 0. The summed E-state index contributed by atoms with van der Waals surface area (Å²) >= 11 is 1.16. The molecule has 2 aromatic carbocycles. The van der Waals surface area contributed by atoms with Crippen LogP contribution in [0.15, 0.2) is 60.7 Å². The second kappa shape index (κ2) is 5.07. The molecule has 0 aliphatic rings. The van der Waals surface area contributed by atoms with E-state index in [1.165, 1.54) is 0 Å². The highest BCUT2D eigenvalue weighted by molar-refractivity contribution is 7.03. The van der Waals surface area contributed by atoms with E-state index in [1.54, 1.807) is 4.57 Å². The zero-order chi connectivity index (χ0) is 13.1. The summed E-state index contributed by atoms with van der Waals surface area (Å²) in [5.74, 6) is 0.660. The monoisotopic (exact) mass is 268 g/mol. The van der Waals surface area contributed by atoms with Crippen molar-refractivity contribution < 1.29 is 0 Å². The van der Waals surface area contributed by atoms with E-state index in [4.69, 9.17) is 5.41 Å². The zero-order valence-corrected chi connectivity index (χ0v) is 10.9. The summed E-state index contributed by atoms with van der Waals surface area (Å²) in [6.07, 6.45) is 0. The molecule has 1 aromatic heterocycles. The standard InChI is InChI=1S/C14H12N4S/c15-13-18(12-9-5-2-6-10-12)14(17-19-13)16-11-7-3-1-4-8-11/h1-10,15H,(H,16,17). The Morgan fingerprint density at radius 1 is 0.947 bits per heavy atom. The lowest BCUT2D eigenvalue weighted by atomic mass is 10.3. The Labute approximate surface area is 114 Å². The van der Waals surface area contributed by atoms with Crippen molar-refractivity contribution in [3.8, 4) is 5.69 Å². The number of nitrogens with one attached hydrogen (secondary N) is 2. The molecular weight excluding hydrogens is 256 g/mol. The number of nitrogens with zero attached hydrogens (tertiary/aromatic N) is 2. The molecule has 3 rings (SSSR count). The lowest BCUT2D eigenvalue weighted by molar-refractivity contribution is 0.973. The molecule has 0 saturated carbocycles. The van der Waals surface area contributed by atoms with Gasteiger partial charge < -0.3 is 5.32 Å². The van der Waals surface area contributed by atoms with E-state index in [0.717, 1.165) is 22.9 Å². The summed E-state index contributed by atoms with van der Waals surface area (Å²) < 4.78 is 6.08. The second-order valence-electron chi connectivity index (χ2n) is 3.97. The average molecular weight is 268 g/mol. The molecule has 94 valence electrons. The van der Waals surface area contributed by atoms with Crippen molar-refractivity contribution >= 4 is 23.2 Å². The number of anilines is 2. The van der Waals surface area contributed by atoms with Gasteiger partial charge in [0.1, 0.15) is 0 Å². The summed E-state index contributed by atoms with van der Waals surface area (Å²) in [4.78, 5) is 0.393. The van der Waals surface area contributed by atoms with Gasteiger partial charge in [-0.15, -0.1) is 0 Å². The van der Waals surface area contributed by atoms with Crippen LogP contribution in [0.4, 0.5) is 11.6 Å². The molecule has 4 nitrogen and oxygen atoms in total. The zero-order valence-electron chi connectivity index (χ0n) is 10.1. The number of benzene rings is 2. The predicted molar refractivity (Wildman–Crippen MR) is 77.0 cm³/mol. The van der Waals surface area contributed by atoms with Gasteiger partial charge in [-0.05, 0) is 24.3 Å². The first-order valence-electron chi connectivity index (χ1n) is 5.85. The Balaban J connectivity index is 2.03. The van der Waals surface area contributed by atoms with Crippen molar-refractivity contribution in [2.75, 3.05) is 5.32 Å². The number of aromatic nitrogens is 2. The second-order valence-corrected chi connectivity index (χ2v) is 4.73. The van der Waals surface area contributed by atoms with E-state index >= 15 is 0 Å². The van der Waals surface area contributed by atoms with E-state index in [9.17, 15) is 0 Å². The fraction of sp³-hybridized carbons (Fsp3) is 0. The first-order valence-corrected chi connectivity index (χ1v) is 6.63. The van der Waals surface area contributed by atoms with E-state index < -0.39 is 0 Å². The minimum atomic E-state index is 0.393. The Kier molecular flexibility index (Phi) is 3.12. The van der Waals surface area contributed by atoms with E-state index in [-0.39, 0.29) is 0 Å². The van der Waals surface area contributed by atoms with Gasteiger partial charge in [0.25, 0.3) is 0 Å². The van der Waals surface area contributed by atoms with Crippen LogP contribution in [-0.4, -0.2) is 8.94 Å². The average Bonchev–Trinajstić information content (AvgIpc) is 2.82. The number of hydrogen-bond acceptors (Lipinski definition) is 4. The lowest BCUT2D eigenvalue weighted by Gasteiger charge is -2.08. The van der Waals surface area contributed by atoms with E-state index in [1.807, 2.05) is 60.7 Å². The molecular formula is C14H12N4S. The fourth-order valence-electron chi connectivity index (χ4n) is 1.81. The Morgan fingerprint density at radius 2 is 1.58 bits per heavy atom. The molecule has 0 atom stereocenters. The van der Waals surface area contributed by atoms with Crippen LogP contribution in [0.1, 0.15) is 0 Å². The molecule has 0 spiro atoms. The van der Waals surface area contributed by atoms with Gasteiger partial charge in [0.05, 0.1) is 5.69 Å². The molecule has 0 aliphatic heterocycles. The largest absolute Gasteiger partial charge is 0.325 e. The minimum Gasteiger partial charge on any atom is -0.325 e. The first kappa shape index (κ1) is 11.7. The first-order chi connectivity index (χ1) is 9.34. The highest BCUT2D eigenvalue weighted by atomic mass is 32.1. The maximum absolute atomic E-state index is 7.97. The normalized spacial score (nSPS) is 10.3. The number of hydrogen-bond donors (Lipinski definition) is 2. The third-order valence-corrected chi connectivity index (χ3v) is 3.30. The minimum absolute atomic E-state index is 0.393. The molecule has 0 amide bonds. The fourth-order valence-corrected chi connectivity index (χ4v) is 2.38. The van der Waals surface area contributed by atoms with E-state index in [0.29, 0.717) is 10.7 Å². The van der Waals surface area contributed by atoms with Crippen LogP contribution in [0.25, 0.3) is 5.69 Å². The van der Waals surface area contributed by atoms with Crippen LogP contribution in [-0.2, 0) is 0 Å².